The summed E-state index contributed by atoms with van der Waals surface area (Å²) in [6.45, 7) is 10.1. The first-order valence-electron chi connectivity index (χ1n) is 5.98. The summed E-state index contributed by atoms with van der Waals surface area (Å²) in [5, 5.41) is 0. The Bertz CT molecular complexity index is 395. The van der Waals surface area contributed by atoms with Gasteiger partial charge in [0, 0.05) is 22.1 Å². The van der Waals surface area contributed by atoms with E-state index in [1.54, 1.807) is 0 Å². The first kappa shape index (κ1) is 13.1. The first-order chi connectivity index (χ1) is 7.98. The molecule has 4 heteroatoms. The molecule has 1 aromatic rings. The minimum Gasteiger partial charge on any atom is -0.378 e. The fraction of sp³-hybridized carbons (Fsp3) is 0.615. The molecule has 94 valence electrons. The number of pyridine rings is 1. The van der Waals surface area contributed by atoms with Gasteiger partial charge in [-0.05, 0) is 34.7 Å². The summed E-state index contributed by atoms with van der Waals surface area (Å²) in [6, 6.07) is 4.28. The molecule has 2 rings (SSSR count). The topological polar surface area (TPSA) is 25.4 Å². The Morgan fingerprint density at radius 2 is 1.88 bits per heavy atom. The van der Waals surface area contributed by atoms with Crippen LogP contribution >= 0.6 is 22.6 Å². The molecule has 1 aliphatic rings. The molecule has 0 atom stereocenters. The fourth-order valence-corrected chi connectivity index (χ4v) is 3.04. The van der Waals surface area contributed by atoms with E-state index in [1.807, 2.05) is 0 Å². The summed E-state index contributed by atoms with van der Waals surface area (Å²) in [7, 11) is 0. The normalized spacial score (nSPS) is 17.3. The second-order valence-corrected chi connectivity index (χ2v) is 6.51. The molecule has 0 radical (unpaired) electrons. The van der Waals surface area contributed by atoms with Gasteiger partial charge in [0.2, 0.25) is 0 Å². The Morgan fingerprint density at radius 1 is 1.24 bits per heavy atom. The highest BCUT2D eigenvalue weighted by molar-refractivity contribution is 14.1. The van der Waals surface area contributed by atoms with Gasteiger partial charge in [-0.25, -0.2) is 4.98 Å². The van der Waals surface area contributed by atoms with Crippen molar-refractivity contribution in [3.63, 3.8) is 0 Å². The van der Waals surface area contributed by atoms with E-state index >= 15 is 0 Å². The van der Waals surface area contributed by atoms with Gasteiger partial charge in [-0.2, -0.15) is 0 Å². The Labute approximate surface area is 117 Å². The highest BCUT2D eigenvalue weighted by Gasteiger charge is 2.21. The van der Waals surface area contributed by atoms with Crippen molar-refractivity contribution in [2.75, 3.05) is 31.2 Å². The zero-order chi connectivity index (χ0) is 12.5. The third-order valence-corrected chi connectivity index (χ3v) is 3.75. The van der Waals surface area contributed by atoms with Gasteiger partial charge in [-0.1, -0.05) is 20.8 Å². The molecule has 1 aromatic heterocycles. The van der Waals surface area contributed by atoms with Crippen molar-refractivity contribution in [2.45, 2.75) is 26.2 Å². The van der Waals surface area contributed by atoms with Crippen molar-refractivity contribution in [1.29, 1.82) is 0 Å². The predicted molar refractivity (Wildman–Crippen MR) is 78.7 cm³/mol. The van der Waals surface area contributed by atoms with Crippen LogP contribution in [0.2, 0.25) is 0 Å². The second kappa shape index (κ2) is 5.10. The molecule has 0 saturated carbocycles. The van der Waals surface area contributed by atoms with Crippen LogP contribution in [-0.2, 0) is 10.2 Å². The zero-order valence-electron chi connectivity index (χ0n) is 10.7. The Balaban J connectivity index is 2.30. The second-order valence-electron chi connectivity index (χ2n) is 5.35. The summed E-state index contributed by atoms with van der Waals surface area (Å²) in [4.78, 5) is 7.13. The number of anilines is 1. The lowest BCUT2D eigenvalue weighted by Gasteiger charge is -2.29. The largest absolute Gasteiger partial charge is 0.378 e. The minimum atomic E-state index is 0.0961. The average Bonchev–Trinajstić information content (AvgIpc) is 2.29. The number of morpholine rings is 1. The SMILES string of the molecule is CC(C)(C)c1nc(N2CCOCC2)ccc1I. The molecule has 1 saturated heterocycles. The number of hydrogen-bond donors (Lipinski definition) is 0. The molecule has 0 amide bonds. The summed E-state index contributed by atoms with van der Waals surface area (Å²) in [6.07, 6.45) is 0. The van der Waals surface area contributed by atoms with E-state index in [1.165, 1.54) is 9.26 Å². The minimum absolute atomic E-state index is 0.0961. The van der Waals surface area contributed by atoms with Crippen LogP contribution in [0, 0.1) is 3.57 Å². The van der Waals surface area contributed by atoms with E-state index in [2.05, 4.69) is 60.4 Å². The van der Waals surface area contributed by atoms with E-state index < -0.39 is 0 Å². The van der Waals surface area contributed by atoms with Crippen molar-refractivity contribution in [3.8, 4) is 0 Å². The summed E-state index contributed by atoms with van der Waals surface area (Å²) in [5.41, 5.74) is 1.28. The number of hydrogen-bond acceptors (Lipinski definition) is 3. The summed E-state index contributed by atoms with van der Waals surface area (Å²) >= 11 is 2.37. The third kappa shape index (κ3) is 3.10. The molecule has 3 nitrogen and oxygen atoms in total. The van der Waals surface area contributed by atoms with E-state index in [0.717, 1.165) is 32.1 Å². The molecule has 17 heavy (non-hydrogen) atoms. The van der Waals surface area contributed by atoms with Crippen LogP contribution in [0.25, 0.3) is 0 Å². The summed E-state index contributed by atoms with van der Waals surface area (Å²) in [5.74, 6) is 1.08. The maximum atomic E-state index is 5.37. The molecule has 0 spiro atoms. The van der Waals surface area contributed by atoms with Crippen LogP contribution in [0.5, 0.6) is 0 Å². The highest BCUT2D eigenvalue weighted by atomic mass is 127. The quantitative estimate of drug-likeness (QED) is 0.732. The van der Waals surface area contributed by atoms with Crippen molar-refractivity contribution in [1.82, 2.24) is 4.98 Å². The van der Waals surface area contributed by atoms with E-state index in [0.29, 0.717) is 0 Å². The number of ether oxygens (including phenoxy) is 1. The lowest BCUT2D eigenvalue weighted by molar-refractivity contribution is 0.122. The lowest BCUT2D eigenvalue weighted by Crippen LogP contribution is -2.37. The molecule has 0 aliphatic carbocycles. The van der Waals surface area contributed by atoms with Gasteiger partial charge in [0.05, 0.1) is 18.9 Å². The first-order valence-corrected chi connectivity index (χ1v) is 7.06. The van der Waals surface area contributed by atoms with Crippen molar-refractivity contribution in [2.24, 2.45) is 0 Å². The van der Waals surface area contributed by atoms with Crippen molar-refractivity contribution in [3.05, 3.63) is 21.4 Å². The van der Waals surface area contributed by atoms with Crippen LogP contribution in [0.1, 0.15) is 26.5 Å². The van der Waals surface area contributed by atoms with Gasteiger partial charge >= 0.3 is 0 Å². The van der Waals surface area contributed by atoms with Crippen molar-refractivity contribution < 1.29 is 4.74 Å². The van der Waals surface area contributed by atoms with Crippen LogP contribution in [0.4, 0.5) is 5.82 Å². The molecule has 0 unspecified atom stereocenters. The predicted octanol–water partition coefficient (Wildman–Crippen LogP) is 2.82. The van der Waals surface area contributed by atoms with E-state index in [9.17, 15) is 0 Å². The lowest BCUT2D eigenvalue weighted by atomic mass is 9.92. The molecule has 0 bridgehead atoms. The highest BCUT2D eigenvalue weighted by Crippen LogP contribution is 2.27. The smallest absolute Gasteiger partial charge is 0.129 e. The van der Waals surface area contributed by atoms with Gasteiger partial charge in [0.25, 0.3) is 0 Å². The zero-order valence-corrected chi connectivity index (χ0v) is 12.8. The fourth-order valence-electron chi connectivity index (χ4n) is 1.93. The molecule has 1 aliphatic heterocycles. The van der Waals surface area contributed by atoms with Gasteiger partial charge in [0.15, 0.2) is 0 Å². The van der Waals surface area contributed by atoms with Gasteiger partial charge < -0.3 is 9.64 Å². The molecule has 1 fully saturated rings. The molecular formula is C13H19IN2O. The van der Waals surface area contributed by atoms with Crippen LogP contribution in [0.3, 0.4) is 0 Å². The summed E-state index contributed by atoms with van der Waals surface area (Å²) < 4.78 is 6.61. The number of aromatic nitrogens is 1. The third-order valence-electron chi connectivity index (χ3n) is 2.88. The van der Waals surface area contributed by atoms with Crippen molar-refractivity contribution >= 4 is 28.4 Å². The van der Waals surface area contributed by atoms with Crippen LogP contribution in [-0.4, -0.2) is 31.3 Å². The molecule has 0 aromatic carbocycles. The standard InChI is InChI=1S/C13H19IN2O/c1-13(2,3)12-10(14)4-5-11(15-12)16-6-8-17-9-7-16/h4-5H,6-9H2,1-3H3. The van der Waals surface area contributed by atoms with Gasteiger partial charge in [-0.3, -0.25) is 0 Å². The van der Waals surface area contributed by atoms with Gasteiger partial charge in [-0.15, -0.1) is 0 Å². The maximum Gasteiger partial charge on any atom is 0.129 e. The Kier molecular flexibility index (Phi) is 3.92. The maximum absolute atomic E-state index is 5.37. The Hall–Kier alpha value is -0.360. The number of halogens is 1. The van der Waals surface area contributed by atoms with E-state index in [4.69, 9.17) is 9.72 Å². The van der Waals surface area contributed by atoms with Gasteiger partial charge in [0.1, 0.15) is 5.82 Å². The average molecular weight is 346 g/mol. The van der Waals surface area contributed by atoms with Crippen LogP contribution in [0.15, 0.2) is 12.1 Å². The molecular weight excluding hydrogens is 327 g/mol. The Morgan fingerprint density at radius 3 is 2.47 bits per heavy atom. The van der Waals surface area contributed by atoms with E-state index in [-0.39, 0.29) is 5.41 Å². The molecule has 0 N–H and O–H groups in total. The number of nitrogens with zero attached hydrogens (tertiary/aromatic N) is 2. The molecule has 2 heterocycles. The van der Waals surface area contributed by atoms with Crippen LogP contribution < -0.4 is 4.90 Å². The monoisotopic (exact) mass is 346 g/mol. The number of rotatable bonds is 1.